The molecule has 0 bridgehead atoms. The van der Waals surface area contributed by atoms with Crippen molar-refractivity contribution in [2.45, 2.75) is 56.3 Å². The lowest BCUT2D eigenvalue weighted by Gasteiger charge is -2.24. The summed E-state index contributed by atoms with van der Waals surface area (Å²) in [5, 5.41) is 24.2. The van der Waals surface area contributed by atoms with Crippen molar-refractivity contribution in [3.63, 3.8) is 0 Å². The second-order valence-corrected chi connectivity index (χ2v) is 7.52. The van der Waals surface area contributed by atoms with E-state index >= 15 is 0 Å². The number of aliphatic carboxylic acids is 2. The van der Waals surface area contributed by atoms with Gasteiger partial charge >= 0.3 is 11.9 Å². The van der Waals surface area contributed by atoms with Crippen LogP contribution >= 0.6 is 0 Å². The molecule has 0 spiro atoms. The first kappa shape index (κ1) is 31.5. The third kappa shape index (κ3) is 13.3. The minimum atomic E-state index is -1.87. The number of amides is 5. The number of primary amides is 2. The molecule has 5 amide bonds. The number of rotatable bonds is 17. The topological polar surface area (TPSA) is 338 Å². The summed E-state index contributed by atoms with van der Waals surface area (Å²) < 4.78 is 0. The molecule has 0 saturated carbocycles. The Hall–Kier alpha value is -4.48. The number of aliphatic imine (C=N–C) groups is 1. The first-order valence-electron chi connectivity index (χ1n) is 10.4. The summed E-state index contributed by atoms with van der Waals surface area (Å²) in [5.41, 5.74) is 26.1. The number of carboxylic acids is 2. The first-order valence-corrected chi connectivity index (χ1v) is 10.4. The normalized spacial score (nSPS) is 13.7. The molecular weight excluding hydrogens is 486 g/mol. The van der Waals surface area contributed by atoms with Gasteiger partial charge < -0.3 is 54.8 Å². The van der Waals surface area contributed by atoms with Crippen molar-refractivity contribution in [2.75, 3.05) is 6.54 Å². The third-order valence-electron chi connectivity index (χ3n) is 4.37. The molecule has 0 aliphatic heterocycles. The molecule has 0 radical (unpaired) electrons. The lowest BCUT2D eigenvalue weighted by atomic mass is 10.1. The number of nitrogens with zero attached hydrogens (tertiary/aromatic N) is 1. The molecule has 36 heavy (non-hydrogen) atoms. The van der Waals surface area contributed by atoms with Crippen molar-refractivity contribution >= 4 is 47.4 Å². The van der Waals surface area contributed by atoms with E-state index in [9.17, 15) is 33.6 Å². The number of carbonyl (C=O) groups is 7. The molecule has 0 fully saturated rings. The zero-order valence-electron chi connectivity index (χ0n) is 19.1. The lowest BCUT2D eigenvalue weighted by Crippen LogP contribution is -2.58. The molecular formula is C18H31N9O9. The molecule has 0 aliphatic carbocycles. The van der Waals surface area contributed by atoms with Crippen LogP contribution in [0.25, 0.3) is 0 Å². The van der Waals surface area contributed by atoms with E-state index < -0.39 is 84.9 Å². The van der Waals surface area contributed by atoms with Crippen LogP contribution in [0.5, 0.6) is 0 Å². The first-order chi connectivity index (χ1) is 16.6. The zero-order chi connectivity index (χ0) is 28.0. The monoisotopic (exact) mass is 517 g/mol. The standard InChI is InChI=1S/C18H31N9O9/c19-7(4-11(20)28)14(32)25-8(2-1-3-24-18(22)23)15(33)26-9(5-12(21)29)16(34)27-10(17(35)36)6-13(30)31/h7-10H,1-6,19H2,(H2,20,28)(H2,21,29)(H,25,32)(H,26,33)(H,27,34)(H,30,31)(H,35,36)(H4,22,23,24). The Bertz CT molecular complexity index is 889. The van der Waals surface area contributed by atoms with Gasteiger partial charge in [0.05, 0.1) is 25.3 Å². The van der Waals surface area contributed by atoms with Gasteiger partial charge in [-0.3, -0.25) is 33.8 Å². The smallest absolute Gasteiger partial charge is 0.326 e. The predicted molar refractivity (Wildman–Crippen MR) is 121 cm³/mol. The van der Waals surface area contributed by atoms with Crippen LogP contribution in [0.15, 0.2) is 4.99 Å². The van der Waals surface area contributed by atoms with Crippen LogP contribution in [0, 0.1) is 0 Å². The molecule has 0 aliphatic rings. The van der Waals surface area contributed by atoms with E-state index in [2.05, 4.69) is 15.6 Å². The Morgan fingerprint density at radius 3 is 1.67 bits per heavy atom. The predicted octanol–water partition coefficient (Wildman–Crippen LogP) is -5.87. The van der Waals surface area contributed by atoms with Gasteiger partial charge in [0.1, 0.15) is 18.1 Å². The molecule has 0 heterocycles. The van der Waals surface area contributed by atoms with Gasteiger partial charge in [-0.25, -0.2) is 4.79 Å². The fourth-order valence-corrected chi connectivity index (χ4v) is 2.69. The lowest BCUT2D eigenvalue weighted by molar-refractivity contribution is -0.147. The number of hydrogen-bond acceptors (Lipinski definition) is 9. The highest BCUT2D eigenvalue weighted by atomic mass is 16.4. The third-order valence-corrected chi connectivity index (χ3v) is 4.37. The van der Waals surface area contributed by atoms with Gasteiger partial charge in [-0.15, -0.1) is 0 Å². The van der Waals surface area contributed by atoms with E-state index in [1.165, 1.54) is 0 Å². The van der Waals surface area contributed by atoms with E-state index in [1.54, 1.807) is 0 Å². The van der Waals surface area contributed by atoms with Crippen molar-refractivity contribution in [3.05, 3.63) is 0 Å². The minimum Gasteiger partial charge on any atom is -0.481 e. The van der Waals surface area contributed by atoms with Crippen LogP contribution in [-0.4, -0.2) is 88.4 Å². The minimum absolute atomic E-state index is 0.0516. The maximum absolute atomic E-state index is 12.9. The van der Waals surface area contributed by atoms with Crippen LogP contribution in [0.1, 0.15) is 32.1 Å². The zero-order valence-corrected chi connectivity index (χ0v) is 19.1. The fraction of sp³-hybridized carbons (Fsp3) is 0.556. The maximum atomic E-state index is 12.9. The van der Waals surface area contributed by atoms with Crippen LogP contribution in [0.4, 0.5) is 0 Å². The molecule has 0 aromatic rings. The van der Waals surface area contributed by atoms with E-state index in [0.717, 1.165) is 0 Å². The summed E-state index contributed by atoms with van der Waals surface area (Å²) in [6.45, 7) is 0.0516. The van der Waals surface area contributed by atoms with E-state index in [0.29, 0.717) is 0 Å². The highest BCUT2D eigenvalue weighted by Crippen LogP contribution is 2.04. The van der Waals surface area contributed by atoms with Crippen molar-refractivity contribution in [1.82, 2.24) is 16.0 Å². The molecule has 0 aromatic heterocycles. The molecule has 202 valence electrons. The number of nitrogens with two attached hydrogens (primary N) is 5. The second-order valence-electron chi connectivity index (χ2n) is 7.52. The van der Waals surface area contributed by atoms with Gasteiger partial charge in [0.2, 0.25) is 29.5 Å². The summed E-state index contributed by atoms with van der Waals surface area (Å²) in [6.07, 6.45) is -2.25. The van der Waals surface area contributed by atoms with Crippen LogP contribution < -0.4 is 44.6 Å². The molecule has 0 aromatic carbocycles. The Morgan fingerprint density at radius 2 is 1.19 bits per heavy atom. The van der Waals surface area contributed by atoms with E-state index in [4.69, 9.17) is 38.9 Å². The van der Waals surface area contributed by atoms with Gasteiger partial charge in [0.25, 0.3) is 0 Å². The number of carbonyl (C=O) groups excluding carboxylic acids is 5. The van der Waals surface area contributed by atoms with Crippen molar-refractivity contribution in [3.8, 4) is 0 Å². The summed E-state index contributed by atoms with van der Waals surface area (Å²) in [7, 11) is 0. The van der Waals surface area contributed by atoms with Gasteiger partial charge in [-0.1, -0.05) is 0 Å². The Kier molecular flexibility index (Phi) is 13.5. The average molecular weight is 518 g/mol. The van der Waals surface area contributed by atoms with Crippen molar-refractivity contribution < 1.29 is 43.8 Å². The van der Waals surface area contributed by atoms with E-state index in [1.807, 2.05) is 5.32 Å². The van der Waals surface area contributed by atoms with Crippen LogP contribution in [-0.2, 0) is 33.6 Å². The van der Waals surface area contributed by atoms with Gasteiger partial charge in [0.15, 0.2) is 5.96 Å². The van der Waals surface area contributed by atoms with Gasteiger partial charge in [0, 0.05) is 6.54 Å². The molecule has 4 atom stereocenters. The summed E-state index contributed by atoms with van der Waals surface area (Å²) >= 11 is 0. The summed E-state index contributed by atoms with van der Waals surface area (Å²) in [5.74, 6) is -8.53. The SMILES string of the molecule is NC(=O)CC(N)C(=O)NC(CCCN=C(N)N)C(=O)NC(CC(N)=O)C(=O)NC(CC(=O)O)C(=O)O. The summed E-state index contributed by atoms with van der Waals surface area (Å²) in [6, 6.07) is -6.36. The maximum Gasteiger partial charge on any atom is 0.326 e. The second kappa shape index (κ2) is 15.4. The largest absolute Gasteiger partial charge is 0.481 e. The average Bonchev–Trinajstić information content (AvgIpc) is 2.73. The Labute approximate surface area is 204 Å². The molecule has 0 saturated heterocycles. The van der Waals surface area contributed by atoms with Gasteiger partial charge in [-0.2, -0.15) is 0 Å². The quantitative estimate of drug-likeness (QED) is 0.0489. The molecule has 18 nitrogen and oxygen atoms in total. The van der Waals surface area contributed by atoms with Crippen molar-refractivity contribution in [2.24, 2.45) is 33.7 Å². The van der Waals surface area contributed by atoms with Crippen LogP contribution in [0.2, 0.25) is 0 Å². The van der Waals surface area contributed by atoms with Crippen LogP contribution in [0.3, 0.4) is 0 Å². The molecule has 4 unspecified atom stereocenters. The van der Waals surface area contributed by atoms with E-state index in [-0.39, 0.29) is 25.3 Å². The highest BCUT2D eigenvalue weighted by molar-refractivity contribution is 5.97. The number of hydrogen-bond donors (Lipinski definition) is 10. The number of guanidine groups is 1. The molecule has 18 heteroatoms. The van der Waals surface area contributed by atoms with Gasteiger partial charge in [-0.05, 0) is 12.8 Å². The molecule has 0 rings (SSSR count). The fourth-order valence-electron chi connectivity index (χ4n) is 2.69. The summed E-state index contributed by atoms with van der Waals surface area (Å²) in [4.78, 5) is 85.9. The highest BCUT2D eigenvalue weighted by Gasteiger charge is 2.32. The molecule has 15 N–H and O–H groups in total. The van der Waals surface area contributed by atoms with Crippen molar-refractivity contribution in [1.29, 1.82) is 0 Å². The Balaban J connectivity index is 5.67. The number of nitrogens with one attached hydrogen (secondary N) is 3. The Morgan fingerprint density at radius 1 is 0.694 bits per heavy atom. The number of carboxylic acid groups (broad SMARTS) is 2.